The zero-order chi connectivity index (χ0) is 25.9. The minimum Gasteiger partial charge on any atom is -0.325 e. The maximum absolute atomic E-state index is 13.2. The molecule has 1 fully saturated rings. The Morgan fingerprint density at radius 2 is 1.92 bits per heavy atom. The van der Waals surface area contributed by atoms with Gasteiger partial charge < -0.3 is 5.32 Å². The SMILES string of the molecule is O=C(C[C@H]1SC(=Nc2cccc(Cl)c2)N(Cc2ccccn2)C1=O)Nc1cc(C(F)(F)F)ccc1Cl. The molecule has 3 aromatic rings. The molecule has 4 rings (SSSR count). The molecule has 2 amide bonds. The van der Waals surface area contributed by atoms with Crippen LogP contribution < -0.4 is 5.32 Å². The molecule has 186 valence electrons. The maximum atomic E-state index is 13.2. The zero-order valence-corrected chi connectivity index (χ0v) is 20.6. The van der Waals surface area contributed by atoms with Crippen molar-refractivity contribution in [3.63, 3.8) is 0 Å². The Bertz CT molecular complexity index is 1320. The number of aromatic nitrogens is 1. The molecule has 0 radical (unpaired) electrons. The van der Waals surface area contributed by atoms with Crippen LogP contribution in [0.15, 0.2) is 71.9 Å². The Kier molecular flexibility index (Phi) is 7.87. The molecule has 0 aliphatic carbocycles. The van der Waals surface area contributed by atoms with Gasteiger partial charge >= 0.3 is 6.18 Å². The highest BCUT2D eigenvalue weighted by molar-refractivity contribution is 8.15. The van der Waals surface area contributed by atoms with Gasteiger partial charge in [-0.1, -0.05) is 47.1 Å². The third-order valence-corrected chi connectivity index (χ3v) is 6.78. The van der Waals surface area contributed by atoms with Crippen LogP contribution in [0.25, 0.3) is 0 Å². The molecule has 36 heavy (non-hydrogen) atoms. The average molecular weight is 553 g/mol. The van der Waals surface area contributed by atoms with Crippen molar-refractivity contribution in [2.24, 2.45) is 4.99 Å². The first kappa shape index (κ1) is 26.0. The number of alkyl halides is 3. The lowest BCUT2D eigenvalue weighted by atomic mass is 10.2. The number of rotatable bonds is 6. The van der Waals surface area contributed by atoms with Crippen molar-refractivity contribution in [3.8, 4) is 0 Å². The fourth-order valence-corrected chi connectivity index (χ4v) is 4.85. The molecular formula is C24H17Cl2F3N4O2S. The monoisotopic (exact) mass is 552 g/mol. The van der Waals surface area contributed by atoms with Gasteiger partial charge in [0.1, 0.15) is 5.25 Å². The fraction of sp³-hybridized carbons (Fsp3) is 0.167. The number of anilines is 1. The van der Waals surface area contributed by atoms with E-state index in [0.717, 1.165) is 30.0 Å². The van der Waals surface area contributed by atoms with E-state index in [1.807, 2.05) is 0 Å². The molecule has 0 spiro atoms. The topological polar surface area (TPSA) is 74.7 Å². The van der Waals surface area contributed by atoms with E-state index in [9.17, 15) is 22.8 Å². The van der Waals surface area contributed by atoms with E-state index in [-0.39, 0.29) is 29.6 Å². The van der Waals surface area contributed by atoms with Gasteiger partial charge in [0.05, 0.1) is 34.2 Å². The lowest BCUT2D eigenvalue weighted by Crippen LogP contribution is -2.33. The summed E-state index contributed by atoms with van der Waals surface area (Å²) in [6.07, 6.45) is -3.30. The van der Waals surface area contributed by atoms with Crippen LogP contribution in [0.3, 0.4) is 0 Å². The number of hydrogen-bond acceptors (Lipinski definition) is 5. The number of nitrogens with zero attached hydrogens (tertiary/aromatic N) is 3. The van der Waals surface area contributed by atoms with Gasteiger partial charge in [-0.25, -0.2) is 4.99 Å². The van der Waals surface area contributed by atoms with Gasteiger partial charge in [-0.05, 0) is 48.5 Å². The number of aliphatic imine (C=N–C) groups is 1. The van der Waals surface area contributed by atoms with Crippen molar-refractivity contribution in [3.05, 3.63) is 88.2 Å². The fourth-order valence-electron chi connectivity index (χ4n) is 3.35. The highest BCUT2D eigenvalue weighted by Gasteiger charge is 2.39. The first-order valence-corrected chi connectivity index (χ1v) is 12.1. The number of amidine groups is 1. The summed E-state index contributed by atoms with van der Waals surface area (Å²) >= 11 is 13.1. The molecule has 0 saturated carbocycles. The van der Waals surface area contributed by atoms with Crippen molar-refractivity contribution < 1.29 is 22.8 Å². The van der Waals surface area contributed by atoms with E-state index in [1.165, 1.54) is 4.90 Å². The summed E-state index contributed by atoms with van der Waals surface area (Å²) in [6, 6.07) is 14.7. The van der Waals surface area contributed by atoms with Gasteiger partial charge in [0.15, 0.2) is 5.17 Å². The molecule has 1 atom stereocenters. The van der Waals surface area contributed by atoms with Gasteiger partial charge in [-0.2, -0.15) is 13.2 Å². The largest absolute Gasteiger partial charge is 0.416 e. The summed E-state index contributed by atoms with van der Waals surface area (Å²) in [7, 11) is 0. The van der Waals surface area contributed by atoms with Crippen LogP contribution in [-0.4, -0.2) is 32.1 Å². The number of nitrogens with one attached hydrogen (secondary N) is 1. The van der Waals surface area contributed by atoms with Crippen molar-refractivity contribution in [1.29, 1.82) is 0 Å². The van der Waals surface area contributed by atoms with Crippen LogP contribution in [0.4, 0.5) is 24.5 Å². The number of benzene rings is 2. The molecule has 1 aliphatic rings. The first-order valence-electron chi connectivity index (χ1n) is 10.5. The molecule has 12 heteroatoms. The minimum absolute atomic E-state index is 0.0539. The van der Waals surface area contributed by atoms with Crippen LogP contribution in [0, 0.1) is 0 Å². The quantitative estimate of drug-likeness (QED) is 0.375. The Hall–Kier alpha value is -3.08. The highest BCUT2D eigenvalue weighted by Crippen LogP contribution is 2.36. The van der Waals surface area contributed by atoms with E-state index >= 15 is 0 Å². The number of halogens is 5. The molecule has 0 unspecified atom stereocenters. The second-order valence-corrected chi connectivity index (χ2v) is 9.68. The van der Waals surface area contributed by atoms with Gasteiger partial charge in [0, 0.05) is 17.6 Å². The number of carbonyl (C=O) groups is 2. The summed E-state index contributed by atoms with van der Waals surface area (Å²) in [5.41, 5.74) is -0.00754. The zero-order valence-electron chi connectivity index (χ0n) is 18.3. The average Bonchev–Trinajstić information content (AvgIpc) is 3.09. The van der Waals surface area contributed by atoms with E-state index in [4.69, 9.17) is 23.2 Å². The van der Waals surface area contributed by atoms with E-state index in [1.54, 1.807) is 48.7 Å². The molecule has 2 heterocycles. The third-order valence-electron chi connectivity index (χ3n) is 5.04. The normalized spacial score (nSPS) is 17.0. The Morgan fingerprint density at radius 1 is 1.11 bits per heavy atom. The summed E-state index contributed by atoms with van der Waals surface area (Å²) in [5.74, 6) is -1.04. The molecule has 1 aromatic heterocycles. The van der Waals surface area contributed by atoms with Crippen LogP contribution in [0.1, 0.15) is 17.7 Å². The van der Waals surface area contributed by atoms with Crippen LogP contribution in [0.5, 0.6) is 0 Å². The first-order chi connectivity index (χ1) is 17.1. The van der Waals surface area contributed by atoms with Gasteiger partial charge in [0.25, 0.3) is 0 Å². The minimum atomic E-state index is -4.60. The van der Waals surface area contributed by atoms with Crippen molar-refractivity contribution in [2.75, 3.05) is 5.32 Å². The molecule has 1 aliphatic heterocycles. The lowest BCUT2D eigenvalue weighted by molar-refractivity contribution is -0.137. The van der Waals surface area contributed by atoms with Crippen molar-refractivity contribution in [1.82, 2.24) is 9.88 Å². The summed E-state index contributed by atoms with van der Waals surface area (Å²) in [6.45, 7) is 0.129. The van der Waals surface area contributed by atoms with E-state index < -0.39 is 22.9 Å². The number of carbonyl (C=O) groups excluding carboxylic acids is 2. The predicted molar refractivity (Wildman–Crippen MR) is 134 cm³/mol. The number of amides is 2. The summed E-state index contributed by atoms with van der Waals surface area (Å²) in [5, 5.41) is 2.30. The second kappa shape index (κ2) is 10.9. The Balaban J connectivity index is 1.55. The third kappa shape index (κ3) is 6.37. The molecule has 1 saturated heterocycles. The van der Waals surface area contributed by atoms with Gasteiger partial charge in [-0.3, -0.25) is 19.5 Å². The Morgan fingerprint density at radius 3 is 2.61 bits per heavy atom. The summed E-state index contributed by atoms with van der Waals surface area (Å²) in [4.78, 5) is 36.1. The second-order valence-electron chi connectivity index (χ2n) is 7.67. The predicted octanol–water partition coefficient (Wildman–Crippen LogP) is 6.57. The van der Waals surface area contributed by atoms with E-state index in [0.29, 0.717) is 21.6 Å². The van der Waals surface area contributed by atoms with Crippen LogP contribution >= 0.6 is 35.0 Å². The molecular weight excluding hydrogens is 536 g/mol. The Labute approximate surface area is 218 Å². The number of pyridine rings is 1. The van der Waals surface area contributed by atoms with Crippen LogP contribution in [-0.2, 0) is 22.3 Å². The van der Waals surface area contributed by atoms with Crippen molar-refractivity contribution >= 4 is 63.3 Å². The van der Waals surface area contributed by atoms with Gasteiger partial charge in [-0.15, -0.1) is 0 Å². The maximum Gasteiger partial charge on any atom is 0.416 e. The van der Waals surface area contributed by atoms with Gasteiger partial charge in [0.2, 0.25) is 11.8 Å². The summed E-state index contributed by atoms with van der Waals surface area (Å²) < 4.78 is 39.1. The van der Waals surface area contributed by atoms with Crippen molar-refractivity contribution in [2.45, 2.75) is 24.4 Å². The van der Waals surface area contributed by atoms with E-state index in [2.05, 4.69) is 15.3 Å². The number of hydrogen-bond donors (Lipinski definition) is 1. The standard InChI is InChI=1S/C24H17Cl2F3N4O2S/c25-15-4-3-6-16(11-15)31-23-33(13-17-5-1-2-9-30-17)22(35)20(36-23)12-21(34)32-19-10-14(24(27,28)29)7-8-18(19)26/h1-11,20H,12-13H2,(H,32,34)/t20-/m1/s1. The smallest absolute Gasteiger partial charge is 0.325 e. The number of thioether (sulfide) groups is 1. The molecule has 0 bridgehead atoms. The van der Waals surface area contributed by atoms with Crippen LogP contribution in [0.2, 0.25) is 10.0 Å². The molecule has 6 nitrogen and oxygen atoms in total. The lowest BCUT2D eigenvalue weighted by Gasteiger charge is -2.16. The molecule has 1 N–H and O–H groups in total. The molecule has 2 aromatic carbocycles. The highest BCUT2D eigenvalue weighted by atomic mass is 35.5.